The smallest absolute Gasteiger partial charge is 0.310 e. The highest BCUT2D eigenvalue weighted by Gasteiger charge is 2.43. The number of imide groups is 1. The third kappa shape index (κ3) is 2.85. The fraction of sp³-hybridized carbons (Fsp3) is 0.136. The highest BCUT2D eigenvalue weighted by molar-refractivity contribution is 6.38. The lowest BCUT2D eigenvalue weighted by atomic mass is 9.99. The molecule has 2 amide bonds. The minimum atomic E-state index is -0.953. The maximum atomic E-state index is 14.8. The molecule has 8 heteroatoms. The van der Waals surface area contributed by atoms with Gasteiger partial charge >= 0.3 is 5.97 Å². The van der Waals surface area contributed by atoms with E-state index in [0.29, 0.717) is 10.5 Å². The van der Waals surface area contributed by atoms with Crippen molar-refractivity contribution >= 4 is 34.2 Å². The molecule has 1 aliphatic heterocycles. The SMILES string of the molecule is CCOC(=O)Cc1ccc(N2C(=O)c3c(c(O)c4ccccc4c3O)C2=O)c(F)c1. The number of esters is 1. The van der Waals surface area contributed by atoms with Gasteiger partial charge in [-0.2, -0.15) is 0 Å². The number of anilines is 1. The normalized spacial score (nSPS) is 13.1. The second-order valence-electron chi connectivity index (χ2n) is 6.71. The maximum absolute atomic E-state index is 14.8. The number of phenolic OH excluding ortho intramolecular Hbond substituents is 2. The molecule has 4 rings (SSSR count). The van der Waals surface area contributed by atoms with Crippen LogP contribution in [0.1, 0.15) is 33.2 Å². The first-order chi connectivity index (χ1) is 14.3. The van der Waals surface area contributed by atoms with E-state index in [9.17, 15) is 29.0 Å². The minimum absolute atomic E-state index is 0.167. The standard InChI is InChI=1S/C22H16FNO6/c1-2-30-16(25)10-11-7-8-15(14(23)9-11)24-21(28)17-18(22(24)29)20(27)13-6-4-3-5-12(13)19(17)26/h3-9,26-27H,2,10H2,1H3. The number of phenols is 2. The van der Waals surface area contributed by atoms with Gasteiger partial charge in [-0.05, 0) is 24.6 Å². The number of benzene rings is 3. The fourth-order valence-electron chi connectivity index (χ4n) is 3.57. The lowest BCUT2D eigenvalue weighted by molar-refractivity contribution is -0.142. The summed E-state index contributed by atoms with van der Waals surface area (Å²) in [6.45, 7) is 1.84. The highest BCUT2D eigenvalue weighted by atomic mass is 19.1. The van der Waals surface area contributed by atoms with Crippen LogP contribution in [0.4, 0.5) is 10.1 Å². The number of fused-ring (bicyclic) bond motifs is 2. The second kappa shape index (κ2) is 7.14. The van der Waals surface area contributed by atoms with Crippen molar-refractivity contribution in [1.29, 1.82) is 0 Å². The second-order valence-corrected chi connectivity index (χ2v) is 6.71. The van der Waals surface area contributed by atoms with Crippen molar-refractivity contribution in [3.8, 4) is 11.5 Å². The van der Waals surface area contributed by atoms with E-state index in [1.165, 1.54) is 24.3 Å². The predicted octanol–water partition coefficient (Wildman–Crippen LogP) is 3.30. The molecule has 0 unspecified atom stereocenters. The van der Waals surface area contributed by atoms with Crippen molar-refractivity contribution in [3.05, 3.63) is 65.0 Å². The molecule has 1 heterocycles. The minimum Gasteiger partial charge on any atom is -0.506 e. The Morgan fingerprint density at radius 2 is 1.57 bits per heavy atom. The van der Waals surface area contributed by atoms with E-state index in [2.05, 4.69) is 0 Å². The number of hydrogen-bond donors (Lipinski definition) is 2. The zero-order valence-corrected chi connectivity index (χ0v) is 15.8. The molecule has 3 aromatic carbocycles. The Bertz CT molecular complexity index is 1180. The van der Waals surface area contributed by atoms with Gasteiger partial charge in [0.15, 0.2) is 0 Å². The summed E-state index contributed by atoms with van der Waals surface area (Å²) in [6.07, 6.45) is -0.167. The molecule has 0 bridgehead atoms. The van der Waals surface area contributed by atoms with Crippen LogP contribution in [0.3, 0.4) is 0 Å². The van der Waals surface area contributed by atoms with Crippen molar-refractivity contribution in [2.75, 3.05) is 11.5 Å². The van der Waals surface area contributed by atoms with Gasteiger partial charge in [0, 0.05) is 10.8 Å². The van der Waals surface area contributed by atoms with Gasteiger partial charge in [0.25, 0.3) is 11.8 Å². The third-order valence-corrected chi connectivity index (χ3v) is 4.90. The summed E-state index contributed by atoms with van der Waals surface area (Å²) in [5.74, 6) is -4.27. The zero-order valence-electron chi connectivity index (χ0n) is 15.8. The van der Waals surface area contributed by atoms with E-state index in [4.69, 9.17) is 4.74 Å². The molecule has 0 aromatic heterocycles. The molecule has 2 N–H and O–H groups in total. The van der Waals surface area contributed by atoms with Crippen LogP contribution in [0, 0.1) is 5.82 Å². The molecule has 152 valence electrons. The van der Waals surface area contributed by atoms with Crippen LogP contribution in [0.2, 0.25) is 0 Å². The number of carbonyl (C=O) groups is 3. The first-order valence-electron chi connectivity index (χ1n) is 9.14. The van der Waals surface area contributed by atoms with E-state index in [0.717, 1.165) is 6.07 Å². The molecule has 0 spiro atoms. The van der Waals surface area contributed by atoms with Gasteiger partial charge in [0.1, 0.15) is 17.3 Å². The summed E-state index contributed by atoms with van der Waals surface area (Å²) in [6, 6.07) is 9.83. The molecule has 1 aliphatic rings. The van der Waals surface area contributed by atoms with Gasteiger partial charge in [0.2, 0.25) is 0 Å². The van der Waals surface area contributed by atoms with Crippen molar-refractivity contribution in [2.45, 2.75) is 13.3 Å². The van der Waals surface area contributed by atoms with Gasteiger partial charge in [-0.1, -0.05) is 30.3 Å². The first kappa shape index (κ1) is 19.4. The summed E-state index contributed by atoms with van der Waals surface area (Å²) in [7, 11) is 0. The molecule has 0 radical (unpaired) electrons. The topological polar surface area (TPSA) is 104 Å². The molecule has 0 aliphatic carbocycles. The van der Waals surface area contributed by atoms with Crippen molar-refractivity contribution in [1.82, 2.24) is 0 Å². The number of aromatic hydroxyl groups is 2. The fourth-order valence-corrected chi connectivity index (χ4v) is 3.57. The third-order valence-electron chi connectivity index (χ3n) is 4.90. The number of hydrogen-bond acceptors (Lipinski definition) is 6. The number of ether oxygens (including phenoxy) is 1. The van der Waals surface area contributed by atoms with E-state index in [-0.39, 0.29) is 40.6 Å². The Kier molecular flexibility index (Phi) is 4.62. The lowest BCUT2D eigenvalue weighted by Gasteiger charge is -2.15. The van der Waals surface area contributed by atoms with Crippen LogP contribution in [-0.2, 0) is 16.0 Å². The Labute approximate surface area is 169 Å². The maximum Gasteiger partial charge on any atom is 0.310 e. The summed E-state index contributed by atoms with van der Waals surface area (Å²) in [4.78, 5) is 38.0. The van der Waals surface area contributed by atoms with Crippen molar-refractivity contribution < 1.29 is 33.7 Å². The van der Waals surface area contributed by atoms with Crippen LogP contribution in [-0.4, -0.2) is 34.6 Å². The molecule has 3 aromatic rings. The summed E-state index contributed by atoms with van der Waals surface area (Å²) in [5, 5.41) is 21.5. The molecule has 30 heavy (non-hydrogen) atoms. The van der Waals surface area contributed by atoms with Gasteiger partial charge in [-0.15, -0.1) is 0 Å². The Morgan fingerprint density at radius 3 is 2.07 bits per heavy atom. The number of rotatable bonds is 4. The van der Waals surface area contributed by atoms with Crippen LogP contribution in [0.5, 0.6) is 11.5 Å². The van der Waals surface area contributed by atoms with Gasteiger partial charge in [0.05, 0.1) is 29.8 Å². The van der Waals surface area contributed by atoms with Crippen molar-refractivity contribution in [2.24, 2.45) is 0 Å². The van der Waals surface area contributed by atoms with E-state index in [1.807, 2.05) is 0 Å². The number of halogens is 1. The Balaban J connectivity index is 1.78. The quantitative estimate of drug-likeness (QED) is 0.389. The molecule has 7 nitrogen and oxygen atoms in total. The van der Waals surface area contributed by atoms with Gasteiger partial charge in [-0.25, -0.2) is 9.29 Å². The first-order valence-corrected chi connectivity index (χ1v) is 9.14. The highest BCUT2D eigenvalue weighted by Crippen LogP contribution is 2.45. The number of carbonyl (C=O) groups excluding carboxylic acids is 3. The Morgan fingerprint density at radius 1 is 1.00 bits per heavy atom. The largest absolute Gasteiger partial charge is 0.506 e. The Hall–Kier alpha value is -3.94. The van der Waals surface area contributed by atoms with Crippen LogP contribution >= 0.6 is 0 Å². The van der Waals surface area contributed by atoms with Crippen LogP contribution < -0.4 is 4.90 Å². The average molecular weight is 409 g/mol. The molecule has 0 atom stereocenters. The molecule has 0 saturated heterocycles. The molecule has 0 saturated carbocycles. The summed E-state index contributed by atoms with van der Waals surface area (Å²) < 4.78 is 19.6. The number of amides is 2. The van der Waals surface area contributed by atoms with E-state index < -0.39 is 35.1 Å². The number of nitrogens with zero attached hydrogens (tertiary/aromatic N) is 1. The monoisotopic (exact) mass is 409 g/mol. The van der Waals surface area contributed by atoms with Crippen LogP contribution in [0.15, 0.2) is 42.5 Å². The van der Waals surface area contributed by atoms with Gasteiger partial charge in [-0.3, -0.25) is 14.4 Å². The predicted molar refractivity (Wildman–Crippen MR) is 105 cm³/mol. The zero-order chi connectivity index (χ0) is 21.6. The van der Waals surface area contributed by atoms with E-state index in [1.54, 1.807) is 19.1 Å². The van der Waals surface area contributed by atoms with Gasteiger partial charge < -0.3 is 14.9 Å². The molecule has 0 fully saturated rings. The lowest BCUT2D eigenvalue weighted by Crippen LogP contribution is -2.30. The van der Waals surface area contributed by atoms with Crippen LogP contribution in [0.25, 0.3) is 10.8 Å². The van der Waals surface area contributed by atoms with E-state index >= 15 is 0 Å². The summed E-state index contributed by atoms with van der Waals surface area (Å²) in [5.41, 5.74) is -0.809. The summed E-state index contributed by atoms with van der Waals surface area (Å²) >= 11 is 0. The van der Waals surface area contributed by atoms with Crippen molar-refractivity contribution in [3.63, 3.8) is 0 Å². The molecular formula is C22H16FNO6. The molecular weight excluding hydrogens is 393 g/mol. The average Bonchev–Trinajstić information content (AvgIpc) is 2.97.